The molecule has 1 atom stereocenters. The number of amides is 3. The fourth-order valence-electron chi connectivity index (χ4n) is 2.70. The number of urea groups is 1. The molecule has 0 spiro atoms. The van der Waals surface area contributed by atoms with Crippen LogP contribution in [0.25, 0.3) is 0 Å². The second kappa shape index (κ2) is 9.10. The standard InChI is InChI=1S/C16H21BrF2N4O2/c17-12-4-3-10(13(18)14(12)19)8-22-16(25)23-7-1-2-11(9-23)15(24)21-6-5-20/h3-4,11H,1-2,5-9,20H2,(H,21,24)(H,22,25). The van der Waals surface area contributed by atoms with E-state index in [2.05, 4.69) is 26.6 Å². The van der Waals surface area contributed by atoms with Crippen molar-refractivity contribution in [2.45, 2.75) is 19.4 Å². The SMILES string of the molecule is NCCNC(=O)C1CCCN(C(=O)NCc2ccc(Br)c(F)c2F)C1. The normalized spacial score (nSPS) is 17.3. The quantitative estimate of drug-likeness (QED) is 0.636. The zero-order chi connectivity index (χ0) is 18.4. The maximum atomic E-state index is 13.8. The smallest absolute Gasteiger partial charge is 0.317 e. The Balaban J connectivity index is 1.90. The molecular formula is C16H21BrF2N4O2. The molecule has 1 aromatic rings. The Hall–Kier alpha value is -1.74. The molecule has 6 nitrogen and oxygen atoms in total. The highest BCUT2D eigenvalue weighted by Gasteiger charge is 2.28. The monoisotopic (exact) mass is 418 g/mol. The lowest BCUT2D eigenvalue weighted by Crippen LogP contribution is -2.49. The van der Waals surface area contributed by atoms with Crippen molar-refractivity contribution in [2.24, 2.45) is 11.7 Å². The number of hydrogen-bond acceptors (Lipinski definition) is 3. The van der Waals surface area contributed by atoms with Crippen LogP contribution in [-0.4, -0.2) is 43.0 Å². The average molecular weight is 419 g/mol. The van der Waals surface area contributed by atoms with Crippen molar-refractivity contribution in [3.05, 3.63) is 33.8 Å². The van der Waals surface area contributed by atoms with Crippen LogP contribution in [0.4, 0.5) is 13.6 Å². The summed E-state index contributed by atoms with van der Waals surface area (Å²) >= 11 is 2.90. The Morgan fingerprint density at radius 3 is 2.76 bits per heavy atom. The molecule has 2 rings (SSSR count). The van der Waals surface area contributed by atoms with Gasteiger partial charge in [-0.3, -0.25) is 4.79 Å². The van der Waals surface area contributed by atoms with Crippen molar-refractivity contribution in [3.8, 4) is 0 Å². The second-order valence-corrected chi connectivity index (χ2v) is 6.71. The molecule has 0 aliphatic carbocycles. The molecule has 1 fully saturated rings. The summed E-state index contributed by atoms with van der Waals surface area (Å²) in [6.45, 7) is 1.44. The number of rotatable bonds is 5. The molecule has 1 heterocycles. The molecule has 25 heavy (non-hydrogen) atoms. The predicted octanol–water partition coefficient (Wildman–Crippen LogP) is 1.72. The molecule has 0 bridgehead atoms. The molecule has 1 aliphatic heterocycles. The molecule has 1 saturated heterocycles. The van der Waals surface area contributed by atoms with Crippen LogP contribution in [0.2, 0.25) is 0 Å². The lowest BCUT2D eigenvalue weighted by molar-refractivity contribution is -0.126. The fourth-order valence-corrected chi connectivity index (χ4v) is 3.01. The molecule has 3 amide bonds. The maximum Gasteiger partial charge on any atom is 0.317 e. The van der Waals surface area contributed by atoms with Crippen LogP contribution in [0, 0.1) is 17.6 Å². The summed E-state index contributed by atoms with van der Waals surface area (Å²) in [6, 6.07) is 2.39. The van der Waals surface area contributed by atoms with Gasteiger partial charge in [0.2, 0.25) is 5.91 Å². The number of hydrogen-bond donors (Lipinski definition) is 3. The van der Waals surface area contributed by atoms with Crippen molar-refractivity contribution >= 4 is 27.9 Å². The van der Waals surface area contributed by atoms with Gasteiger partial charge in [0.15, 0.2) is 11.6 Å². The lowest BCUT2D eigenvalue weighted by atomic mass is 9.97. The van der Waals surface area contributed by atoms with Crippen molar-refractivity contribution in [3.63, 3.8) is 0 Å². The first-order valence-corrected chi connectivity index (χ1v) is 8.86. The van der Waals surface area contributed by atoms with Gasteiger partial charge in [0.05, 0.1) is 10.4 Å². The van der Waals surface area contributed by atoms with Gasteiger partial charge in [-0.2, -0.15) is 0 Å². The molecule has 9 heteroatoms. The largest absolute Gasteiger partial charge is 0.355 e. The van der Waals surface area contributed by atoms with Crippen LogP contribution in [0.5, 0.6) is 0 Å². The number of nitrogens with two attached hydrogens (primary N) is 1. The van der Waals surface area contributed by atoms with Gasteiger partial charge in [0, 0.05) is 38.3 Å². The van der Waals surface area contributed by atoms with Gasteiger partial charge in [-0.1, -0.05) is 6.07 Å². The molecule has 4 N–H and O–H groups in total. The Kier molecular flexibility index (Phi) is 7.12. The van der Waals surface area contributed by atoms with Gasteiger partial charge < -0.3 is 21.3 Å². The van der Waals surface area contributed by atoms with E-state index in [0.29, 0.717) is 39.0 Å². The first kappa shape index (κ1) is 19.6. The number of nitrogens with zero attached hydrogens (tertiary/aromatic N) is 1. The van der Waals surface area contributed by atoms with Crippen LogP contribution in [-0.2, 0) is 11.3 Å². The van der Waals surface area contributed by atoms with E-state index >= 15 is 0 Å². The highest BCUT2D eigenvalue weighted by Crippen LogP contribution is 2.21. The molecule has 1 aromatic carbocycles. The highest BCUT2D eigenvalue weighted by molar-refractivity contribution is 9.10. The Morgan fingerprint density at radius 2 is 2.04 bits per heavy atom. The summed E-state index contributed by atoms with van der Waals surface area (Å²) in [7, 11) is 0. The van der Waals surface area contributed by atoms with E-state index in [1.54, 1.807) is 0 Å². The molecule has 1 aliphatic rings. The number of halogens is 3. The number of nitrogens with one attached hydrogen (secondary N) is 2. The number of piperidine rings is 1. The zero-order valence-electron chi connectivity index (χ0n) is 13.7. The van der Waals surface area contributed by atoms with Crippen molar-refractivity contribution in [2.75, 3.05) is 26.2 Å². The summed E-state index contributed by atoms with van der Waals surface area (Å²) in [4.78, 5) is 25.8. The third-order valence-corrected chi connectivity index (χ3v) is 4.68. The summed E-state index contributed by atoms with van der Waals surface area (Å²) in [5.74, 6) is -2.38. The van der Waals surface area contributed by atoms with Crippen molar-refractivity contribution in [1.82, 2.24) is 15.5 Å². The number of likely N-dealkylation sites (tertiary alicyclic amines) is 1. The Labute approximate surface area is 153 Å². The minimum absolute atomic E-state index is 0.0300. The maximum absolute atomic E-state index is 13.8. The van der Waals surface area contributed by atoms with Gasteiger partial charge in [-0.15, -0.1) is 0 Å². The van der Waals surface area contributed by atoms with E-state index in [0.717, 1.165) is 0 Å². The van der Waals surface area contributed by atoms with Gasteiger partial charge >= 0.3 is 6.03 Å². The fraction of sp³-hybridized carbons (Fsp3) is 0.500. The Morgan fingerprint density at radius 1 is 1.28 bits per heavy atom. The topological polar surface area (TPSA) is 87.5 Å². The van der Waals surface area contributed by atoms with E-state index in [4.69, 9.17) is 5.73 Å². The molecule has 0 saturated carbocycles. The molecule has 1 unspecified atom stereocenters. The molecular weight excluding hydrogens is 398 g/mol. The second-order valence-electron chi connectivity index (χ2n) is 5.86. The van der Waals surface area contributed by atoms with Crippen LogP contribution in [0.1, 0.15) is 18.4 Å². The zero-order valence-corrected chi connectivity index (χ0v) is 15.2. The third-order valence-electron chi connectivity index (χ3n) is 4.07. The first-order valence-electron chi connectivity index (χ1n) is 8.07. The van der Waals surface area contributed by atoms with Crippen molar-refractivity contribution in [1.29, 1.82) is 0 Å². The number of carbonyl (C=O) groups excluding carboxylic acids is 2. The van der Waals surface area contributed by atoms with Crippen LogP contribution in [0.15, 0.2) is 16.6 Å². The summed E-state index contributed by atoms with van der Waals surface area (Å²) in [6.07, 6.45) is 1.40. The van der Waals surface area contributed by atoms with Gasteiger partial charge in [-0.05, 0) is 34.8 Å². The van der Waals surface area contributed by atoms with E-state index in [1.807, 2.05) is 0 Å². The van der Waals surface area contributed by atoms with E-state index in [1.165, 1.54) is 17.0 Å². The van der Waals surface area contributed by atoms with E-state index in [-0.39, 0.29) is 28.4 Å². The summed E-state index contributed by atoms with van der Waals surface area (Å²) < 4.78 is 27.4. The van der Waals surface area contributed by atoms with Crippen LogP contribution in [0.3, 0.4) is 0 Å². The first-order chi connectivity index (χ1) is 11.9. The minimum atomic E-state index is -0.993. The van der Waals surface area contributed by atoms with Crippen molar-refractivity contribution < 1.29 is 18.4 Å². The number of benzene rings is 1. The lowest BCUT2D eigenvalue weighted by Gasteiger charge is -2.32. The van der Waals surface area contributed by atoms with Gasteiger partial charge in [0.25, 0.3) is 0 Å². The molecule has 0 aromatic heterocycles. The van der Waals surface area contributed by atoms with Gasteiger partial charge in [-0.25, -0.2) is 13.6 Å². The summed E-state index contributed by atoms with van der Waals surface area (Å²) in [5, 5.41) is 5.29. The summed E-state index contributed by atoms with van der Waals surface area (Å²) in [5.41, 5.74) is 5.42. The Bertz CT molecular complexity index is 645. The van der Waals surface area contributed by atoms with Gasteiger partial charge in [0.1, 0.15) is 0 Å². The molecule has 138 valence electrons. The van der Waals surface area contributed by atoms with Crippen LogP contribution < -0.4 is 16.4 Å². The molecule has 0 radical (unpaired) electrons. The minimum Gasteiger partial charge on any atom is -0.355 e. The highest BCUT2D eigenvalue weighted by atomic mass is 79.9. The third kappa shape index (κ3) is 5.12. The predicted molar refractivity (Wildman–Crippen MR) is 92.7 cm³/mol. The van der Waals surface area contributed by atoms with E-state index in [9.17, 15) is 18.4 Å². The average Bonchev–Trinajstić information content (AvgIpc) is 2.63. The van der Waals surface area contributed by atoms with Crippen LogP contribution >= 0.6 is 15.9 Å². The number of carbonyl (C=O) groups is 2. The van der Waals surface area contributed by atoms with E-state index < -0.39 is 17.7 Å².